The number of benzene rings is 1. The average Bonchev–Trinajstić information content (AvgIpc) is 2.31. The average molecular weight is 254 g/mol. The first kappa shape index (κ1) is 14.6. The van der Waals surface area contributed by atoms with E-state index in [1.54, 1.807) is 0 Å². The van der Waals surface area contributed by atoms with E-state index in [1.165, 1.54) is 18.2 Å². The molecule has 1 atom stereocenters. The molecule has 0 aliphatic carbocycles. The Morgan fingerprint density at radius 3 is 2.89 bits per heavy atom. The molecule has 100 valence electrons. The third kappa shape index (κ3) is 4.43. The fraction of sp³-hybridized carbons (Fsp3) is 0.462. The highest BCUT2D eigenvalue weighted by Gasteiger charge is 2.08. The van der Waals surface area contributed by atoms with Crippen LogP contribution >= 0.6 is 0 Å². The van der Waals surface area contributed by atoms with Crippen LogP contribution in [-0.4, -0.2) is 23.7 Å². The maximum Gasteiger partial charge on any atom is 0.248 e. The van der Waals surface area contributed by atoms with Crippen LogP contribution < -0.4 is 11.1 Å². The molecule has 0 aromatic heterocycles. The molecular formula is C13H19FN2O2. The number of carbonyl (C=O) groups excluding carboxylic acids is 1. The lowest BCUT2D eigenvalue weighted by Gasteiger charge is -2.11. The summed E-state index contributed by atoms with van der Waals surface area (Å²) in [6.45, 7) is 2.64. The minimum atomic E-state index is -0.581. The van der Waals surface area contributed by atoms with E-state index in [0.29, 0.717) is 18.5 Å². The number of nitrogens with two attached hydrogens (primary N) is 1. The SMILES string of the molecule is CCCC(O)CNCc1cc(C(N)=O)ccc1F. The van der Waals surface area contributed by atoms with Gasteiger partial charge < -0.3 is 16.2 Å². The fourth-order valence-corrected chi connectivity index (χ4v) is 1.67. The molecule has 1 aromatic rings. The van der Waals surface area contributed by atoms with Crippen LogP contribution in [0.3, 0.4) is 0 Å². The molecule has 0 saturated heterocycles. The Bertz CT molecular complexity index is 410. The number of amides is 1. The molecule has 4 N–H and O–H groups in total. The molecule has 0 aliphatic heterocycles. The Balaban J connectivity index is 2.56. The van der Waals surface area contributed by atoms with E-state index in [1.807, 2.05) is 6.92 Å². The van der Waals surface area contributed by atoms with Gasteiger partial charge in [-0.15, -0.1) is 0 Å². The number of primary amides is 1. The van der Waals surface area contributed by atoms with Crippen LogP contribution in [-0.2, 0) is 6.54 Å². The molecule has 1 aromatic carbocycles. The summed E-state index contributed by atoms with van der Waals surface area (Å²) in [4.78, 5) is 11.0. The van der Waals surface area contributed by atoms with Crippen LogP contribution in [0.25, 0.3) is 0 Å². The minimum Gasteiger partial charge on any atom is -0.392 e. The van der Waals surface area contributed by atoms with Crippen LogP contribution in [0.15, 0.2) is 18.2 Å². The zero-order chi connectivity index (χ0) is 13.5. The molecule has 0 heterocycles. The van der Waals surface area contributed by atoms with Gasteiger partial charge in [-0.1, -0.05) is 13.3 Å². The zero-order valence-corrected chi connectivity index (χ0v) is 10.4. The van der Waals surface area contributed by atoms with E-state index in [-0.39, 0.29) is 12.1 Å². The first-order valence-electron chi connectivity index (χ1n) is 6.01. The highest BCUT2D eigenvalue weighted by molar-refractivity contribution is 5.92. The van der Waals surface area contributed by atoms with Crippen molar-refractivity contribution in [2.75, 3.05) is 6.54 Å². The Hall–Kier alpha value is -1.46. The molecule has 0 bridgehead atoms. The van der Waals surface area contributed by atoms with Gasteiger partial charge in [-0.25, -0.2) is 4.39 Å². The summed E-state index contributed by atoms with van der Waals surface area (Å²) in [5, 5.41) is 12.5. The molecule has 0 spiro atoms. The lowest BCUT2D eigenvalue weighted by Crippen LogP contribution is -2.26. The molecular weight excluding hydrogens is 235 g/mol. The predicted octanol–water partition coefficient (Wildman–Crippen LogP) is 1.18. The molecule has 18 heavy (non-hydrogen) atoms. The normalized spacial score (nSPS) is 12.4. The summed E-state index contributed by atoms with van der Waals surface area (Å²) in [6.07, 6.45) is 1.17. The number of rotatable bonds is 7. The largest absolute Gasteiger partial charge is 0.392 e. The van der Waals surface area contributed by atoms with Crippen molar-refractivity contribution in [2.45, 2.75) is 32.4 Å². The Labute approximate surface area is 106 Å². The topological polar surface area (TPSA) is 75.3 Å². The summed E-state index contributed by atoms with van der Waals surface area (Å²) < 4.78 is 13.5. The van der Waals surface area contributed by atoms with Crippen molar-refractivity contribution in [3.63, 3.8) is 0 Å². The van der Waals surface area contributed by atoms with Crippen molar-refractivity contribution in [3.05, 3.63) is 35.1 Å². The summed E-state index contributed by atoms with van der Waals surface area (Å²) in [7, 11) is 0. The minimum absolute atomic E-state index is 0.258. The van der Waals surface area contributed by atoms with Gasteiger partial charge in [0.1, 0.15) is 5.82 Å². The Kier molecular flexibility index (Phi) is 5.74. The van der Waals surface area contributed by atoms with Crippen LogP contribution in [0.4, 0.5) is 4.39 Å². The number of carbonyl (C=O) groups is 1. The quantitative estimate of drug-likeness (QED) is 0.684. The maximum absolute atomic E-state index is 13.5. The third-order valence-electron chi connectivity index (χ3n) is 2.65. The van der Waals surface area contributed by atoms with E-state index < -0.39 is 17.8 Å². The standard InChI is InChI=1S/C13H19FN2O2/c1-2-3-11(17)8-16-7-10-6-9(13(15)18)4-5-12(10)14/h4-6,11,16-17H,2-3,7-8H2,1H3,(H2,15,18). The van der Waals surface area contributed by atoms with Gasteiger partial charge in [0.25, 0.3) is 0 Å². The fourth-order valence-electron chi connectivity index (χ4n) is 1.67. The molecule has 5 heteroatoms. The van der Waals surface area contributed by atoms with Gasteiger partial charge in [0, 0.05) is 24.2 Å². The van der Waals surface area contributed by atoms with E-state index >= 15 is 0 Å². The Morgan fingerprint density at radius 1 is 1.56 bits per heavy atom. The predicted molar refractivity (Wildman–Crippen MR) is 67.5 cm³/mol. The highest BCUT2D eigenvalue weighted by atomic mass is 19.1. The van der Waals surface area contributed by atoms with Crippen LogP contribution in [0, 0.1) is 5.82 Å². The lowest BCUT2D eigenvalue weighted by molar-refractivity contribution is 0.1000. The Morgan fingerprint density at radius 2 is 2.28 bits per heavy atom. The van der Waals surface area contributed by atoms with E-state index in [9.17, 15) is 14.3 Å². The number of hydrogen-bond acceptors (Lipinski definition) is 3. The van der Waals surface area contributed by atoms with Gasteiger partial charge in [0.15, 0.2) is 0 Å². The highest BCUT2D eigenvalue weighted by Crippen LogP contribution is 2.10. The van der Waals surface area contributed by atoms with E-state index in [4.69, 9.17) is 5.73 Å². The van der Waals surface area contributed by atoms with E-state index in [0.717, 1.165) is 6.42 Å². The number of aliphatic hydroxyl groups excluding tert-OH is 1. The van der Waals surface area contributed by atoms with Crippen LogP contribution in [0.1, 0.15) is 35.7 Å². The van der Waals surface area contributed by atoms with Crippen molar-refractivity contribution in [3.8, 4) is 0 Å². The van der Waals surface area contributed by atoms with Gasteiger partial charge in [-0.3, -0.25) is 4.79 Å². The first-order chi connectivity index (χ1) is 8.54. The molecule has 0 radical (unpaired) electrons. The van der Waals surface area contributed by atoms with Gasteiger partial charge in [0.2, 0.25) is 5.91 Å². The van der Waals surface area contributed by atoms with Crippen molar-refractivity contribution in [2.24, 2.45) is 5.73 Å². The summed E-state index contributed by atoms with van der Waals surface area (Å²) >= 11 is 0. The van der Waals surface area contributed by atoms with Crippen molar-refractivity contribution in [1.29, 1.82) is 0 Å². The molecule has 0 saturated carbocycles. The van der Waals surface area contributed by atoms with Crippen LogP contribution in [0.5, 0.6) is 0 Å². The van der Waals surface area contributed by atoms with Crippen LogP contribution in [0.2, 0.25) is 0 Å². The number of nitrogens with one attached hydrogen (secondary N) is 1. The van der Waals surface area contributed by atoms with Crippen molar-refractivity contribution in [1.82, 2.24) is 5.32 Å². The number of halogens is 1. The molecule has 0 fully saturated rings. The number of aliphatic hydroxyl groups is 1. The van der Waals surface area contributed by atoms with Gasteiger partial charge in [0.05, 0.1) is 6.10 Å². The summed E-state index contributed by atoms with van der Waals surface area (Å²) in [6, 6.07) is 4.00. The molecule has 1 unspecified atom stereocenters. The lowest BCUT2D eigenvalue weighted by atomic mass is 10.1. The molecule has 0 aliphatic rings. The monoisotopic (exact) mass is 254 g/mol. The van der Waals surface area contributed by atoms with Crippen molar-refractivity contribution >= 4 is 5.91 Å². The van der Waals surface area contributed by atoms with Gasteiger partial charge in [-0.05, 0) is 24.6 Å². The van der Waals surface area contributed by atoms with Gasteiger partial charge >= 0.3 is 0 Å². The molecule has 4 nitrogen and oxygen atoms in total. The zero-order valence-electron chi connectivity index (χ0n) is 10.4. The smallest absolute Gasteiger partial charge is 0.248 e. The van der Waals surface area contributed by atoms with E-state index in [2.05, 4.69) is 5.32 Å². The molecule has 1 amide bonds. The molecule has 1 rings (SSSR count). The number of hydrogen-bond donors (Lipinski definition) is 3. The van der Waals surface area contributed by atoms with Crippen molar-refractivity contribution < 1.29 is 14.3 Å². The summed E-state index contributed by atoms with van der Waals surface area (Å²) in [5.41, 5.74) is 5.78. The second-order valence-electron chi connectivity index (χ2n) is 4.24. The maximum atomic E-state index is 13.5. The first-order valence-corrected chi connectivity index (χ1v) is 6.01. The third-order valence-corrected chi connectivity index (χ3v) is 2.65. The second kappa shape index (κ2) is 7.08. The summed E-state index contributed by atoms with van der Waals surface area (Å²) in [5.74, 6) is -0.972. The van der Waals surface area contributed by atoms with Gasteiger partial charge in [-0.2, -0.15) is 0 Å². The second-order valence-corrected chi connectivity index (χ2v) is 4.24.